The first-order chi connectivity index (χ1) is 13.2. The summed E-state index contributed by atoms with van der Waals surface area (Å²) in [4.78, 5) is 4.65. The van der Waals surface area contributed by atoms with E-state index < -0.39 is 0 Å². The summed E-state index contributed by atoms with van der Waals surface area (Å²) in [7, 11) is 3.38. The van der Waals surface area contributed by atoms with E-state index in [1.807, 2.05) is 24.3 Å². The van der Waals surface area contributed by atoms with Crippen LogP contribution in [0.5, 0.6) is 5.75 Å². The number of methoxy groups -OCH3 is 2. The minimum Gasteiger partial charge on any atom is -0.497 e. The van der Waals surface area contributed by atoms with Crippen LogP contribution >= 0.6 is 0 Å². The highest BCUT2D eigenvalue weighted by molar-refractivity contribution is 5.79. The summed E-state index contributed by atoms with van der Waals surface area (Å²) in [6.45, 7) is 5.67. The second-order valence-electron chi connectivity index (χ2n) is 6.02. The number of ether oxygens (including phenoxy) is 2. The van der Waals surface area contributed by atoms with Gasteiger partial charge in [-0.3, -0.25) is 0 Å². The zero-order valence-corrected chi connectivity index (χ0v) is 16.4. The molecule has 27 heavy (non-hydrogen) atoms. The summed E-state index contributed by atoms with van der Waals surface area (Å²) in [6, 6.07) is 16.3. The van der Waals surface area contributed by atoms with Gasteiger partial charge in [-0.1, -0.05) is 24.3 Å². The molecule has 3 N–H and O–H groups in total. The molecule has 146 valence electrons. The van der Waals surface area contributed by atoms with E-state index in [-0.39, 0.29) is 0 Å². The number of guanidine groups is 1. The molecular weight excluding hydrogens is 340 g/mol. The third kappa shape index (κ3) is 7.58. The van der Waals surface area contributed by atoms with Crippen LogP contribution in [0.4, 0.5) is 5.69 Å². The number of nitrogens with one attached hydrogen (secondary N) is 3. The van der Waals surface area contributed by atoms with Crippen molar-refractivity contribution in [3.8, 4) is 5.75 Å². The number of nitrogens with zero attached hydrogens (tertiary/aromatic N) is 1. The largest absolute Gasteiger partial charge is 0.497 e. The maximum absolute atomic E-state index is 5.26. The predicted octanol–water partition coefficient (Wildman–Crippen LogP) is 3.01. The van der Waals surface area contributed by atoms with E-state index in [0.717, 1.165) is 36.0 Å². The van der Waals surface area contributed by atoms with Gasteiger partial charge in [0.15, 0.2) is 5.96 Å². The molecule has 0 spiro atoms. The number of benzene rings is 2. The zero-order chi connectivity index (χ0) is 19.3. The molecule has 0 heterocycles. The Hall–Kier alpha value is -2.73. The van der Waals surface area contributed by atoms with Crippen molar-refractivity contribution in [2.75, 3.05) is 39.2 Å². The zero-order valence-electron chi connectivity index (χ0n) is 16.4. The van der Waals surface area contributed by atoms with E-state index in [1.54, 1.807) is 14.2 Å². The van der Waals surface area contributed by atoms with Crippen molar-refractivity contribution in [2.24, 2.45) is 4.99 Å². The molecule has 0 bridgehead atoms. The highest BCUT2D eigenvalue weighted by atomic mass is 16.5. The fourth-order valence-corrected chi connectivity index (χ4v) is 2.51. The number of hydrogen-bond acceptors (Lipinski definition) is 4. The molecule has 0 aromatic heterocycles. The molecule has 0 aliphatic rings. The summed E-state index contributed by atoms with van der Waals surface area (Å²) in [5.41, 5.74) is 3.40. The molecular formula is C21H30N4O2. The van der Waals surface area contributed by atoms with Gasteiger partial charge in [-0.2, -0.15) is 0 Å². The van der Waals surface area contributed by atoms with Crippen LogP contribution in [0.25, 0.3) is 0 Å². The lowest BCUT2D eigenvalue weighted by Crippen LogP contribution is -2.36. The van der Waals surface area contributed by atoms with E-state index >= 15 is 0 Å². The van der Waals surface area contributed by atoms with Gasteiger partial charge in [-0.05, 0) is 42.3 Å². The SMILES string of the molecule is CCNC(=NCc1cccc(OC)c1)NCc1ccc(NCCOC)cc1. The van der Waals surface area contributed by atoms with Gasteiger partial charge in [-0.15, -0.1) is 0 Å². The minimum atomic E-state index is 0.592. The summed E-state index contributed by atoms with van der Waals surface area (Å²) in [6.07, 6.45) is 0. The number of hydrogen-bond donors (Lipinski definition) is 3. The Morgan fingerprint density at radius 2 is 1.81 bits per heavy atom. The van der Waals surface area contributed by atoms with Crippen molar-refractivity contribution in [2.45, 2.75) is 20.0 Å². The Morgan fingerprint density at radius 1 is 1.00 bits per heavy atom. The first-order valence-electron chi connectivity index (χ1n) is 9.22. The average Bonchev–Trinajstić information content (AvgIpc) is 2.71. The molecule has 0 aliphatic heterocycles. The molecule has 0 unspecified atom stereocenters. The fraction of sp³-hybridized carbons (Fsp3) is 0.381. The first-order valence-corrected chi connectivity index (χ1v) is 9.22. The van der Waals surface area contributed by atoms with Crippen LogP contribution in [0.2, 0.25) is 0 Å². The van der Waals surface area contributed by atoms with E-state index in [1.165, 1.54) is 5.56 Å². The standard InChI is InChI=1S/C21H30N4O2/c1-4-22-21(25-16-18-6-5-7-20(14-18)27-3)24-15-17-8-10-19(11-9-17)23-12-13-26-2/h5-11,14,23H,4,12-13,15-16H2,1-3H3,(H2,22,24,25). The number of aliphatic imine (C=N–C) groups is 1. The van der Waals surface area contributed by atoms with Gasteiger partial charge in [0, 0.05) is 32.4 Å². The molecule has 6 nitrogen and oxygen atoms in total. The fourth-order valence-electron chi connectivity index (χ4n) is 2.51. The highest BCUT2D eigenvalue weighted by Crippen LogP contribution is 2.13. The lowest BCUT2D eigenvalue weighted by Gasteiger charge is -2.12. The first kappa shape index (κ1) is 20.6. The smallest absolute Gasteiger partial charge is 0.191 e. The quantitative estimate of drug-likeness (QED) is 0.341. The van der Waals surface area contributed by atoms with Gasteiger partial charge >= 0.3 is 0 Å². The van der Waals surface area contributed by atoms with E-state index in [0.29, 0.717) is 19.7 Å². The summed E-state index contributed by atoms with van der Waals surface area (Å²) in [5, 5.41) is 9.97. The Morgan fingerprint density at radius 3 is 2.52 bits per heavy atom. The molecule has 0 fully saturated rings. The molecule has 2 aromatic carbocycles. The van der Waals surface area contributed by atoms with Crippen LogP contribution in [0, 0.1) is 0 Å². The Labute approximate surface area is 162 Å². The topological polar surface area (TPSA) is 66.9 Å². The number of rotatable bonds is 10. The Balaban J connectivity index is 1.89. The number of anilines is 1. The summed E-state index contributed by atoms with van der Waals surface area (Å²) >= 11 is 0. The predicted molar refractivity (Wildman–Crippen MR) is 111 cm³/mol. The van der Waals surface area contributed by atoms with Crippen molar-refractivity contribution in [1.29, 1.82) is 0 Å². The maximum atomic E-state index is 5.26. The summed E-state index contributed by atoms with van der Waals surface area (Å²) < 4.78 is 10.3. The molecule has 0 amide bonds. The molecule has 0 aliphatic carbocycles. The Kier molecular flexibility index (Phi) is 9.00. The van der Waals surface area contributed by atoms with Crippen LogP contribution in [0.1, 0.15) is 18.1 Å². The van der Waals surface area contributed by atoms with Gasteiger partial charge in [0.2, 0.25) is 0 Å². The van der Waals surface area contributed by atoms with Crippen molar-refractivity contribution in [3.63, 3.8) is 0 Å². The van der Waals surface area contributed by atoms with Crippen molar-refractivity contribution >= 4 is 11.6 Å². The summed E-state index contributed by atoms with van der Waals surface area (Å²) in [5.74, 6) is 1.64. The lowest BCUT2D eigenvalue weighted by molar-refractivity contribution is 0.211. The second kappa shape index (κ2) is 11.8. The second-order valence-corrected chi connectivity index (χ2v) is 6.02. The molecule has 2 aromatic rings. The molecule has 0 radical (unpaired) electrons. The van der Waals surface area contributed by atoms with Gasteiger partial charge in [0.1, 0.15) is 5.75 Å². The van der Waals surface area contributed by atoms with Crippen LogP contribution in [-0.2, 0) is 17.8 Å². The molecule has 2 rings (SSSR count). The van der Waals surface area contributed by atoms with Crippen molar-refractivity contribution in [3.05, 3.63) is 59.7 Å². The average molecular weight is 370 g/mol. The normalized spacial score (nSPS) is 11.1. The van der Waals surface area contributed by atoms with Gasteiger partial charge < -0.3 is 25.4 Å². The van der Waals surface area contributed by atoms with Gasteiger partial charge in [0.25, 0.3) is 0 Å². The van der Waals surface area contributed by atoms with Crippen LogP contribution in [0.15, 0.2) is 53.5 Å². The Bertz CT molecular complexity index is 702. The molecule has 0 saturated heterocycles. The third-order valence-electron chi connectivity index (χ3n) is 3.95. The van der Waals surface area contributed by atoms with Crippen LogP contribution < -0.4 is 20.7 Å². The monoisotopic (exact) mass is 370 g/mol. The van der Waals surface area contributed by atoms with E-state index in [4.69, 9.17) is 9.47 Å². The molecule has 0 saturated carbocycles. The van der Waals surface area contributed by atoms with Crippen LogP contribution in [0.3, 0.4) is 0 Å². The van der Waals surface area contributed by atoms with Gasteiger partial charge in [-0.25, -0.2) is 4.99 Å². The lowest BCUT2D eigenvalue weighted by atomic mass is 10.2. The van der Waals surface area contributed by atoms with Crippen LogP contribution in [-0.4, -0.2) is 39.9 Å². The molecule has 6 heteroatoms. The van der Waals surface area contributed by atoms with Crippen molar-refractivity contribution in [1.82, 2.24) is 10.6 Å². The minimum absolute atomic E-state index is 0.592. The van der Waals surface area contributed by atoms with Crippen molar-refractivity contribution < 1.29 is 9.47 Å². The highest BCUT2D eigenvalue weighted by Gasteiger charge is 2.00. The van der Waals surface area contributed by atoms with E-state index in [2.05, 4.69) is 52.1 Å². The third-order valence-corrected chi connectivity index (χ3v) is 3.95. The van der Waals surface area contributed by atoms with Gasteiger partial charge in [0.05, 0.1) is 20.3 Å². The van der Waals surface area contributed by atoms with E-state index in [9.17, 15) is 0 Å². The molecule has 0 atom stereocenters. The maximum Gasteiger partial charge on any atom is 0.191 e.